The second-order valence-electron chi connectivity index (χ2n) is 3.45. The Balaban J connectivity index is 3.01. The fourth-order valence-electron chi connectivity index (χ4n) is 1.49. The first-order valence-corrected chi connectivity index (χ1v) is 4.65. The summed E-state index contributed by atoms with van der Waals surface area (Å²) in [6.45, 7) is 2.74. The smallest absolute Gasteiger partial charge is 0.357 e. The standard InChI is InChI=1S/C9H8N4O4/c1-3(14)7-11-5(9(16)17)6-8(15)10-4(2)12-13(6)7/h1-2H3,(H,16,17)(H,10,12,15). The molecule has 88 valence electrons. The van der Waals surface area contributed by atoms with E-state index in [2.05, 4.69) is 15.1 Å². The highest BCUT2D eigenvalue weighted by molar-refractivity contribution is 5.98. The number of hydrogen-bond donors (Lipinski definition) is 2. The predicted octanol–water partition coefficient (Wildman–Crippen LogP) is -0.373. The van der Waals surface area contributed by atoms with E-state index in [4.69, 9.17) is 5.11 Å². The summed E-state index contributed by atoms with van der Waals surface area (Å²) in [5, 5.41) is 12.8. The average Bonchev–Trinajstić information content (AvgIpc) is 2.56. The fourth-order valence-corrected chi connectivity index (χ4v) is 1.49. The number of aromatic amines is 1. The van der Waals surface area contributed by atoms with Gasteiger partial charge in [0.15, 0.2) is 22.8 Å². The van der Waals surface area contributed by atoms with Crippen molar-refractivity contribution < 1.29 is 14.7 Å². The Morgan fingerprint density at radius 1 is 1.41 bits per heavy atom. The van der Waals surface area contributed by atoms with E-state index in [0.29, 0.717) is 0 Å². The molecule has 0 spiro atoms. The van der Waals surface area contributed by atoms with Crippen LogP contribution in [0.5, 0.6) is 0 Å². The lowest BCUT2D eigenvalue weighted by Gasteiger charge is -1.97. The molecule has 0 aliphatic rings. The Bertz CT molecular complexity index is 697. The van der Waals surface area contributed by atoms with Gasteiger partial charge in [-0.3, -0.25) is 9.59 Å². The highest BCUT2D eigenvalue weighted by Gasteiger charge is 2.22. The number of H-pyrrole nitrogens is 1. The Labute approximate surface area is 93.9 Å². The van der Waals surface area contributed by atoms with Crippen LogP contribution in [0, 0.1) is 6.92 Å². The zero-order valence-electron chi connectivity index (χ0n) is 9.01. The molecule has 0 radical (unpaired) electrons. The van der Waals surface area contributed by atoms with E-state index in [0.717, 1.165) is 4.52 Å². The van der Waals surface area contributed by atoms with E-state index in [9.17, 15) is 14.4 Å². The van der Waals surface area contributed by atoms with Crippen LogP contribution in [0.15, 0.2) is 4.79 Å². The van der Waals surface area contributed by atoms with Crippen LogP contribution in [0.1, 0.15) is 33.9 Å². The molecular formula is C9H8N4O4. The third kappa shape index (κ3) is 1.59. The van der Waals surface area contributed by atoms with Crippen LogP contribution in [0.3, 0.4) is 0 Å². The van der Waals surface area contributed by atoms with Crippen molar-refractivity contribution >= 4 is 17.3 Å². The minimum atomic E-state index is -1.38. The Morgan fingerprint density at radius 3 is 2.59 bits per heavy atom. The van der Waals surface area contributed by atoms with Crippen molar-refractivity contribution in [2.75, 3.05) is 0 Å². The van der Waals surface area contributed by atoms with Crippen molar-refractivity contribution in [3.8, 4) is 0 Å². The van der Waals surface area contributed by atoms with Gasteiger partial charge in [0, 0.05) is 6.92 Å². The number of ketones is 1. The van der Waals surface area contributed by atoms with Gasteiger partial charge in [0.25, 0.3) is 5.56 Å². The van der Waals surface area contributed by atoms with Crippen LogP contribution in [-0.4, -0.2) is 36.4 Å². The van der Waals surface area contributed by atoms with Crippen molar-refractivity contribution in [2.24, 2.45) is 0 Å². The van der Waals surface area contributed by atoms with Crippen LogP contribution in [0.2, 0.25) is 0 Å². The summed E-state index contributed by atoms with van der Waals surface area (Å²) in [5.41, 5.74) is -1.37. The number of nitrogens with one attached hydrogen (secondary N) is 1. The molecule has 17 heavy (non-hydrogen) atoms. The summed E-state index contributed by atoms with van der Waals surface area (Å²) in [7, 11) is 0. The van der Waals surface area contributed by atoms with E-state index in [1.54, 1.807) is 0 Å². The minimum Gasteiger partial charge on any atom is -0.476 e. The normalized spacial score (nSPS) is 10.7. The predicted molar refractivity (Wildman–Crippen MR) is 55.3 cm³/mol. The highest BCUT2D eigenvalue weighted by Crippen LogP contribution is 2.08. The average molecular weight is 236 g/mol. The summed E-state index contributed by atoms with van der Waals surface area (Å²) in [6, 6.07) is 0. The number of nitrogens with zero attached hydrogens (tertiary/aromatic N) is 3. The van der Waals surface area contributed by atoms with Gasteiger partial charge in [0.2, 0.25) is 0 Å². The molecular weight excluding hydrogens is 228 g/mol. The van der Waals surface area contributed by atoms with Crippen LogP contribution in [0.25, 0.3) is 5.52 Å². The monoisotopic (exact) mass is 236 g/mol. The summed E-state index contributed by atoms with van der Waals surface area (Å²) in [6.07, 6.45) is 0. The lowest BCUT2D eigenvalue weighted by molar-refractivity contribution is 0.0693. The molecule has 0 unspecified atom stereocenters. The quantitative estimate of drug-likeness (QED) is 0.686. The van der Waals surface area contributed by atoms with Crippen molar-refractivity contribution in [3.05, 3.63) is 27.7 Å². The van der Waals surface area contributed by atoms with E-state index in [-0.39, 0.29) is 17.2 Å². The lowest BCUT2D eigenvalue weighted by atomic mass is 10.4. The number of carboxylic acid groups (broad SMARTS) is 1. The number of carboxylic acids is 1. The topological polar surface area (TPSA) is 117 Å². The van der Waals surface area contributed by atoms with Gasteiger partial charge >= 0.3 is 5.97 Å². The molecule has 2 rings (SSSR count). The van der Waals surface area contributed by atoms with Crippen molar-refractivity contribution in [2.45, 2.75) is 13.8 Å². The van der Waals surface area contributed by atoms with Gasteiger partial charge in [-0.15, -0.1) is 0 Å². The summed E-state index contributed by atoms with van der Waals surface area (Å²) < 4.78 is 0.958. The fraction of sp³-hybridized carbons (Fsp3) is 0.222. The molecule has 0 atom stereocenters. The number of aromatic carboxylic acids is 1. The van der Waals surface area contributed by atoms with E-state index < -0.39 is 23.0 Å². The number of fused-ring (bicyclic) bond motifs is 1. The SMILES string of the molecule is CC(=O)c1nc(C(=O)O)c2c(=O)[nH]c(C)nn12. The molecule has 8 heteroatoms. The molecule has 0 aliphatic heterocycles. The molecule has 0 aromatic carbocycles. The molecule has 2 heterocycles. The number of rotatable bonds is 2. The van der Waals surface area contributed by atoms with Gasteiger partial charge in [-0.05, 0) is 6.92 Å². The highest BCUT2D eigenvalue weighted by atomic mass is 16.4. The van der Waals surface area contributed by atoms with Gasteiger partial charge in [0.1, 0.15) is 5.82 Å². The Hall–Kier alpha value is -2.51. The maximum atomic E-state index is 11.6. The zero-order valence-corrected chi connectivity index (χ0v) is 9.01. The number of imidazole rings is 1. The van der Waals surface area contributed by atoms with Gasteiger partial charge in [-0.1, -0.05) is 0 Å². The van der Waals surface area contributed by atoms with Crippen LogP contribution >= 0.6 is 0 Å². The van der Waals surface area contributed by atoms with Gasteiger partial charge in [-0.2, -0.15) is 5.10 Å². The molecule has 0 fully saturated rings. The first-order valence-electron chi connectivity index (χ1n) is 4.65. The third-order valence-corrected chi connectivity index (χ3v) is 2.13. The second-order valence-corrected chi connectivity index (χ2v) is 3.45. The molecule has 0 amide bonds. The summed E-state index contributed by atoms with van der Waals surface area (Å²) in [4.78, 5) is 39.8. The summed E-state index contributed by atoms with van der Waals surface area (Å²) in [5.74, 6) is -1.76. The number of hydrogen-bond acceptors (Lipinski definition) is 5. The van der Waals surface area contributed by atoms with Crippen molar-refractivity contribution in [1.29, 1.82) is 0 Å². The van der Waals surface area contributed by atoms with Crippen LogP contribution in [-0.2, 0) is 0 Å². The molecule has 0 bridgehead atoms. The molecule has 0 saturated heterocycles. The Morgan fingerprint density at radius 2 is 2.06 bits per heavy atom. The number of carbonyl (C=O) groups excluding carboxylic acids is 1. The lowest BCUT2D eigenvalue weighted by Crippen LogP contribution is -2.17. The first-order chi connectivity index (χ1) is 7.91. The second kappa shape index (κ2) is 3.51. The van der Waals surface area contributed by atoms with E-state index in [1.165, 1.54) is 13.8 Å². The van der Waals surface area contributed by atoms with E-state index >= 15 is 0 Å². The molecule has 8 nitrogen and oxygen atoms in total. The number of aryl methyl sites for hydroxylation is 1. The zero-order chi connectivity index (χ0) is 12.7. The Kier molecular flexibility index (Phi) is 2.27. The van der Waals surface area contributed by atoms with Gasteiger partial charge < -0.3 is 10.1 Å². The van der Waals surface area contributed by atoms with E-state index in [1.807, 2.05) is 0 Å². The molecule has 0 saturated carbocycles. The molecule has 0 aliphatic carbocycles. The number of carbonyl (C=O) groups is 2. The number of aromatic nitrogens is 4. The largest absolute Gasteiger partial charge is 0.476 e. The maximum absolute atomic E-state index is 11.6. The van der Waals surface area contributed by atoms with Crippen LogP contribution in [0.4, 0.5) is 0 Å². The maximum Gasteiger partial charge on any atom is 0.357 e. The third-order valence-electron chi connectivity index (χ3n) is 2.13. The van der Waals surface area contributed by atoms with Crippen LogP contribution < -0.4 is 5.56 Å². The summed E-state index contributed by atoms with van der Waals surface area (Å²) >= 11 is 0. The molecule has 2 N–H and O–H groups in total. The number of Topliss-reactive ketones (excluding diaryl/α,β-unsaturated/α-hetero) is 1. The minimum absolute atomic E-state index is 0.174. The van der Waals surface area contributed by atoms with Crippen molar-refractivity contribution in [3.63, 3.8) is 0 Å². The van der Waals surface area contributed by atoms with Gasteiger partial charge in [0.05, 0.1) is 0 Å². The molecule has 2 aromatic heterocycles. The first kappa shape index (κ1) is 11.0. The van der Waals surface area contributed by atoms with Crippen molar-refractivity contribution in [1.82, 2.24) is 19.6 Å². The molecule has 2 aromatic rings. The van der Waals surface area contributed by atoms with Gasteiger partial charge in [-0.25, -0.2) is 14.3 Å².